The van der Waals surface area contributed by atoms with Crippen LogP contribution in [0.25, 0.3) is 0 Å². The summed E-state index contributed by atoms with van der Waals surface area (Å²) in [5.74, 6) is 6.16. The number of nitrogens with two attached hydrogens (primary N) is 1. The Bertz CT molecular complexity index is 538. The molecule has 4 heteroatoms. The molecule has 1 fully saturated rings. The minimum atomic E-state index is -0.0110. The van der Waals surface area contributed by atoms with Gasteiger partial charge in [-0.2, -0.15) is 0 Å². The summed E-state index contributed by atoms with van der Waals surface area (Å²) in [5, 5.41) is 0. The van der Waals surface area contributed by atoms with Gasteiger partial charge in [0.15, 0.2) is 0 Å². The highest BCUT2D eigenvalue weighted by atomic mass is 16.2. The van der Waals surface area contributed by atoms with Gasteiger partial charge >= 0.3 is 0 Å². The molecule has 0 bridgehead atoms. The first kappa shape index (κ1) is 14.5. The molecule has 1 aliphatic carbocycles. The van der Waals surface area contributed by atoms with Gasteiger partial charge in [-0.15, -0.1) is 0 Å². The Morgan fingerprint density at radius 1 is 1.55 bits per heavy atom. The van der Waals surface area contributed by atoms with Gasteiger partial charge in [0.2, 0.25) is 0 Å². The summed E-state index contributed by atoms with van der Waals surface area (Å²) in [6.07, 6.45) is 3.82. The highest BCUT2D eigenvalue weighted by molar-refractivity contribution is 5.95. The number of nitrogens with zero attached hydrogens (tertiary/aromatic N) is 2. The molecule has 1 aliphatic rings. The van der Waals surface area contributed by atoms with Gasteiger partial charge in [0.05, 0.1) is 12.1 Å². The standard InChI is InChI=1S/C16H21N3O/c1-12(2)11-19(14-7-8-14)16(20)15-13(5-3-9-17)6-4-10-18-15/h4,6,10,12,14H,7-9,11,17H2,1-2H3. The van der Waals surface area contributed by atoms with Crippen molar-refractivity contribution in [1.29, 1.82) is 0 Å². The van der Waals surface area contributed by atoms with Crippen LogP contribution in [-0.4, -0.2) is 34.9 Å². The fourth-order valence-corrected chi connectivity index (χ4v) is 2.14. The van der Waals surface area contributed by atoms with Crippen molar-refractivity contribution >= 4 is 5.91 Å². The van der Waals surface area contributed by atoms with Gasteiger partial charge in [-0.1, -0.05) is 25.7 Å². The predicted molar refractivity (Wildman–Crippen MR) is 79.1 cm³/mol. The van der Waals surface area contributed by atoms with Crippen molar-refractivity contribution in [3.63, 3.8) is 0 Å². The summed E-state index contributed by atoms with van der Waals surface area (Å²) >= 11 is 0. The van der Waals surface area contributed by atoms with Gasteiger partial charge in [-0.25, -0.2) is 4.98 Å². The minimum Gasteiger partial charge on any atom is -0.334 e. The van der Waals surface area contributed by atoms with E-state index in [2.05, 4.69) is 30.7 Å². The summed E-state index contributed by atoms with van der Waals surface area (Å²) in [6, 6.07) is 3.99. The Morgan fingerprint density at radius 2 is 2.30 bits per heavy atom. The highest BCUT2D eigenvalue weighted by Gasteiger charge is 2.34. The molecule has 0 saturated heterocycles. The molecule has 0 aliphatic heterocycles. The quantitative estimate of drug-likeness (QED) is 0.847. The summed E-state index contributed by atoms with van der Waals surface area (Å²) in [4.78, 5) is 18.9. The maximum Gasteiger partial charge on any atom is 0.274 e. The molecule has 2 N–H and O–H groups in total. The number of hydrogen-bond acceptors (Lipinski definition) is 3. The molecular weight excluding hydrogens is 250 g/mol. The van der Waals surface area contributed by atoms with E-state index in [0.29, 0.717) is 23.2 Å². The Hall–Kier alpha value is -1.86. The van der Waals surface area contributed by atoms with Crippen LogP contribution in [0, 0.1) is 17.8 Å². The van der Waals surface area contributed by atoms with E-state index in [0.717, 1.165) is 19.4 Å². The number of aromatic nitrogens is 1. The zero-order valence-corrected chi connectivity index (χ0v) is 12.1. The van der Waals surface area contributed by atoms with Gasteiger partial charge in [0.25, 0.3) is 5.91 Å². The number of amides is 1. The van der Waals surface area contributed by atoms with Crippen molar-refractivity contribution in [2.45, 2.75) is 32.7 Å². The van der Waals surface area contributed by atoms with E-state index >= 15 is 0 Å². The average Bonchev–Trinajstić information content (AvgIpc) is 3.26. The molecule has 0 radical (unpaired) electrons. The molecule has 1 amide bonds. The van der Waals surface area contributed by atoms with Crippen molar-refractivity contribution in [2.24, 2.45) is 11.7 Å². The normalized spacial score (nSPS) is 13.8. The van der Waals surface area contributed by atoms with Crippen molar-refractivity contribution in [2.75, 3.05) is 13.1 Å². The highest BCUT2D eigenvalue weighted by Crippen LogP contribution is 2.29. The van der Waals surface area contributed by atoms with Crippen molar-refractivity contribution < 1.29 is 4.79 Å². The molecule has 0 unspecified atom stereocenters. The van der Waals surface area contributed by atoms with Crippen molar-refractivity contribution in [3.8, 4) is 11.8 Å². The topological polar surface area (TPSA) is 59.2 Å². The predicted octanol–water partition coefficient (Wildman–Crippen LogP) is 1.65. The Kier molecular flexibility index (Phi) is 4.75. The lowest BCUT2D eigenvalue weighted by Crippen LogP contribution is -2.37. The van der Waals surface area contributed by atoms with Gasteiger partial charge in [-0.05, 0) is 30.9 Å². The third-order valence-electron chi connectivity index (χ3n) is 3.15. The van der Waals surface area contributed by atoms with Crippen molar-refractivity contribution in [1.82, 2.24) is 9.88 Å². The van der Waals surface area contributed by atoms with Gasteiger partial charge < -0.3 is 10.6 Å². The molecule has 0 atom stereocenters. The van der Waals surface area contributed by atoms with E-state index in [-0.39, 0.29) is 12.5 Å². The van der Waals surface area contributed by atoms with E-state index in [1.807, 2.05) is 11.0 Å². The van der Waals surface area contributed by atoms with Crippen LogP contribution in [0.5, 0.6) is 0 Å². The van der Waals surface area contributed by atoms with E-state index < -0.39 is 0 Å². The zero-order chi connectivity index (χ0) is 14.5. The molecule has 1 saturated carbocycles. The van der Waals surface area contributed by atoms with Crippen LogP contribution in [0.4, 0.5) is 0 Å². The van der Waals surface area contributed by atoms with E-state index in [1.54, 1.807) is 12.3 Å². The summed E-state index contributed by atoms with van der Waals surface area (Å²) in [7, 11) is 0. The zero-order valence-electron chi connectivity index (χ0n) is 12.1. The fourth-order valence-electron chi connectivity index (χ4n) is 2.14. The molecular formula is C16H21N3O. The smallest absolute Gasteiger partial charge is 0.274 e. The number of carbonyl (C=O) groups excluding carboxylic acids is 1. The van der Waals surface area contributed by atoms with Crippen LogP contribution >= 0.6 is 0 Å². The number of rotatable bonds is 4. The van der Waals surface area contributed by atoms with Crippen LogP contribution in [-0.2, 0) is 0 Å². The molecule has 4 nitrogen and oxygen atoms in total. The Morgan fingerprint density at radius 3 is 2.90 bits per heavy atom. The third kappa shape index (κ3) is 3.58. The number of carbonyl (C=O) groups is 1. The van der Waals surface area contributed by atoms with Crippen LogP contribution in [0.1, 0.15) is 42.7 Å². The van der Waals surface area contributed by atoms with E-state index in [4.69, 9.17) is 5.73 Å². The van der Waals surface area contributed by atoms with E-state index in [1.165, 1.54) is 0 Å². The van der Waals surface area contributed by atoms with Gasteiger partial charge in [0, 0.05) is 18.8 Å². The first-order valence-electron chi connectivity index (χ1n) is 7.08. The van der Waals surface area contributed by atoms with Gasteiger partial charge in [-0.3, -0.25) is 4.79 Å². The second kappa shape index (κ2) is 6.53. The maximum atomic E-state index is 12.7. The number of pyridine rings is 1. The SMILES string of the molecule is CC(C)CN(C(=O)c1ncccc1C#CCN)C1CC1. The second-order valence-corrected chi connectivity index (χ2v) is 5.49. The fraction of sp³-hybridized carbons (Fsp3) is 0.500. The summed E-state index contributed by atoms with van der Waals surface area (Å²) in [6.45, 7) is 5.29. The third-order valence-corrected chi connectivity index (χ3v) is 3.15. The van der Waals surface area contributed by atoms with Crippen LogP contribution < -0.4 is 5.73 Å². The van der Waals surface area contributed by atoms with Gasteiger partial charge in [0.1, 0.15) is 5.69 Å². The summed E-state index contributed by atoms with van der Waals surface area (Å²) in [5.41, 5.74) is 6.51. The lowest BCUT2D eigenvalue weighted by Gasteiger charge is -2.24. The lowest BCUT2D eigenvalue weighted by molar-refractivity contribution is 0.0716. The monoisotopic (exact) mass is 271 g/mol. The molecule has 0 aromatic carbocycles. The first-order chi connectivity index (χ1) is 9.63. The lowest BCUT2D eigenvalue weighted by atomic mass is 10.1. The van der Waals surface area contributed by atoms with Crippen LogP contribution in [0.3, 0.4) is 0 Å². The first-order valence-corrected chi connectivity index (χ1v) is 7.08. The minimum absolute atomic E-state index is 0.0110. The maximum absolute atomic E-state index is 12.7. The number of hydrogen-bond donors (Lipinski definition) is 1. The van der Waals surface area contributed by atoms with Crippen molar-refractivity contribution in [3.05, 3.63) is 29.6 Å². The van der Waals surface area contributed by atoms with Crippen LogP contribution in [0.15, 0.2) is 18.3 Å². The molecule has 0 spiro atoms. The molecule has 20 heavy (non-hydrogen) atoms. The Balaban J connectivity index is 2.26. The molecule has 1 aromatic rings. The average molecular weight is 271 g/mol. The largest absolute Gasteiger partial charge is 0.334 e. The van der Waals surface area contributed by atoms with E-state index in [9.17, 15) is 4.79 Å². The molecule has 106 valence electrons. The second-order valence-electron chi connectivity index (χ2n) is 5.49. The summed E-state index contributed by atoms with van der Waals surface area (Å²) < 4.78 is 0. The van der Waals surface area contributed by atoms with Crippen LogP contribution in [0.2, 0.25) is 0 Å². The Labute approximate surface area is 120 Å². The molecule has 1 heterocycles. The molecule has 1 aromatic heterocycles. The molecule has 2 rings (SSSR count).